The Labute approximate surface area is 270 Å². The Bertz CT molecular complexity index is 1700. The Morgan fingerprint density at radius 1 is 0.477 bits per heavy atom. The zero-order valence-electron chi connectivity index (χ0n) is 28.1. The average Bonchev–Trinajstić information content (AvgIpc) is 3.04. The van der Waals surface area contributed by atoms with Gasteiger partial charge in [0.25, 0.3) is 0 Å². The Morgan fingerprint density at radius 2 is 0.818 bits per heavy atom. The molecule has 44 heavy (non-hydrogen) atoms. The van der Waals surface area contributed by atoms with Crippen LogP contribution in [-0.4, -0.2) is 0 Å². The number of rotatable bonds is 6. The molecule has 0 saturated carbocycles. The van der Waals surface area contributed by atoms with Gasteiger partial charge in [-0.2, -0.15) is 0 Å². The topological polar surface area (TPSA) is 18.5 Å². The van der Waals surface area contributed by atoms with E-state index in [1.165, 1.54) is 64.1 Å². The van der Waals surface area contributed by atoms with E-state index in [1.54, 1.807) is 9.81 Å². The maximum atomic E-state index is 6.81. The molecular weight excluding hydrogens is 577 g/mol. The quantitative estimate of drug-likeness (QED) is 0.199. The van der Waals surface area contributed by atoms with Gasteiger partial charge < -0.3 is 9.47 Å². The summed E-state index contributed by atoms with van der Waals surface area (Å²) in [5.74, 6) is 4.17. The standard InChI is InChI=1S/C40H46O2S2/c1-11-17-35(43-33-21-15-13-19-31(33)41-37-27(7)23(3)25(5)29(9)39(37)43)36(18-12-2)44-34-22-16-14-20-32(34)42-38-28(8)24(4)26(6)30(10)40(38)44/h13-16,19-22H,11-12,17-18H2,1-10H3/q+2/b36-35+. The molecule has 2 atom stereocenters. The van der Waals surface area contributed by atoms with Gasteiger partial charge >= 0.3 is 0 Å². The van der Waals surface area contributed by atoms with Crippen molar-refractivity contribution in [2.45, 2.75) is 115 Å². The highest BCUT2D eigenvalue weighted by Gasteiger charge is 2.51. The molecule has 4 heteroatoms. The van der Waals surface area contributed by atoms with Crippen molar-refractivity contribution in [2.75, 3.05) is 0 Å². The molecule has 2 aliphatic rings. The molecule has 0 spiro atoms. The lowest BCUT2D eigenvalue weighted by molar-refractivity contribution is 0.447. The van der Waals surface area contributed by atoms with Crippen LogP contribution in [0.4, 0.5) is 0 Å². The van der Waals surface area contributed by atoms with Crippen LogP contribution in [0.1, 0.15) is 84.0 Å². The second kappa shape index (κ2) is 12.0. The fourth-order valence-corrected chi connectivity index (χ4v) is 12.9. The van der Waals surface area contributed by atoms with E-state index in [2.05, 4.69) is 118 Å². The minimum atomic E-state index is -0.260. The van der Waals surface area contributed by atoms with Gasteiger partial charge in [-0.15, -0.1) is 0 Å². The summed E-state index contributed by atoms with van der Waals surface area (Å²) in [5, 5.41) is 0. The zero-order chi connectivity index (χ0) is 31.4. The van der Waals surface area contributed by atoms with Gasteiger partial charge in [0.05, 0.1) is 0 Å². The smallest absolute Gasteiger partial charge is 0.212 e. The third kappa shape index (κ3) is 4.72. The molecule has 6 rings (SSSR count). The second-order valence-electron chi connectivity index (χ2n) is 12.4. The molecule has 0 bridgehead atoms. The van der Waals surface area contributed by atoms with E-state index in [4.69, 9.17) is 9.47 Å². The predicted octanol–water partition coefficient (Wildman–Crippen LogP) is 11.9. The molecule has 0 fully saturated rings. The summed E-state index contributed by atoms with van der Waals surface area (Å²) in [6.45, 7) is 22.9. The molecule has 4 aromatic rings. The van der Waals surface area contributed by atoms with Crippen LogP contribution < -0.4 is 9.47 Å². The normalized spacial score (nSPS) is 17.0. The van der Waals surface area contributed by atoms with Crippen LogP contribution in [0.2, 0.25) is 0 Å². The van der Waals surface area contributed by atoms with Gasteiger partial charge in [-0.05, 0) is 115 Å². The van der Waals surface area contributed by atoms with Crippen LogP contribution >= 0.6 is 0 Å². The average molecular weight is 623 g/mol. The number of allylic oxidation sites excluding steroid dienone is 2. The van der Waals surface area contributed by atoms with Crippen molar-refractivity contribution < 1.29 is 9.47 Å². The Kier molecular flexibility index (Phi) is 8.45. The summed E-state index contributed by atoms with van der Waals surface area (Å²) in [7, 11) is -0.521. The molecule has 4 aromatic carbocycles. The summed E-state index contributed by atoms with van der Waals surface area (Å²) in [5.41, 5.74) is 10.7. The molecule has 2 aliphatic heterocycles. The minimum Gasteiger partial charge on any atom is -0.446 e. The number of hydrogen-bond acceptors (Lipinski definition) is 2. The van der Waals surface area contributed by atoms with Crippen molar-refractivity contribution in [3.05, 3.63) is 103 Å². The second-order valence-corrected chi connectivity index (χ2v) is 16.3. The molecule has 0 aromatic heterocycles. The Morgan fingerprint density at radius 3 is 1.18 bits per heavy atom. The first-order valence-electron chi connectivity index (χ1n) is 16.1. The molecule has 2 unspecified atom stereocenters. The first-order valence-corrected chi connectivity index (χ1v) is 18.5. The zero-order valence-corrected chi connectivity index (χ0v) is 29.7. The first-order chi connectivity index (χ1) is 21.1. The lowest BCUT2D eigenvalue weighted by atomic mass is 9.98. The maximum Gasteiger partial charge on any atom is 0.212 e. The lowest BCUT2D eigenvalue weighted by Crippen LogP contribution is -2.23. The van der Waals surface area contributed by atoms with E-state index in [0.717, 1.165) is 48.7 Å². The van der Waals surface area contributed by atoms with Crippen LogP contribution in [0.25, 0.3) is 0 Å². The summed E-state index contributed by atoms with van der Waals surface area (Å²) in [6.07, 6.45) is 4.31. The van der Waals surface area contributed by atoms with E-state index in [0.29, 0.717) is 0 Å². The van der Waals surface area contributed by atoms with Gasteiger partial charge in [0.2, 0.25) is 19.6 Å². The van der Waals surface area contributed by atoms with Crippen molar-refractivity contribution in [1.29, 1.82) is 0 Å². The molecule has 2 nitrogen and oxygen atoms in total. The van der Waals surface area contributed by atoms with Crippen LogP contribution in [0, 0.1) is 55.4 Å². The highest BCUT2D eigenvalue weighted by atomic mass is 32.2. The minimum absolute atomic E-state index is 0.260. The van der Waals surface area contributed by atoms with E-state index in [1.807, 2.05) is 0 Å². The van der Waals surface area contributed by atoms with E-state index >= 15 is 0 Å². The fourth-order valence-electron chi connectivity index (χ4n) is 6.75. The third-order valence-corrected chi connectivity index (χ3v) is 15.2. The summed E-state index contributed by atoms with van der Waals surface area (Å²) >= 11 is 0. The first kappa shape index (κ1) is 30.9. The third-order valence-electron chi connectivity index (χ3n) is 9.88. The largest absolute Gasteiger partial charge is 0.446 e. The molecule has 0 aliphatic carbocycles. The fraction of sp³-hybridized carbons (Fsp3) is 0.350. The van der Waals surface area contributed by atoms with Crippen LogP contribution in [0.15, 0.2) is 77.9 Å². The van der Waals surface area contributed by atoms with E-state index in [9.17, 15) is 0 Å². The number of para-hydroxylation sites is 2. The summed E-state index contributed by atoms with van der Waals surface area (Å²) in [4.78, 5) is 8.61. The van der Waals surface area contributed by atoms with E-state index < -0.39 is 0 Å². The summed E-state index contributed by atoms with van der Waals surface area (Å²) < 4.78 is 13.6. The molecule has 2 heterocycles. The number of benzene rings is 4. The van der Waals surface area contributed by atoms with Gasteiger partial charge in [-0.25, -0.2) is 0 Å². The highest BCUT2D eigenvalue weighted by Crippen LogP contribution is 2.56. The number of fused-ring (bicyclic) bond motifs is 4. The van der Waals surface area contributed by atoms with Crippen molar-refractivity contribution in [1.82, 2.24) is 0 Å². The molecule has 0 radical (unpaired) electrons. The van der Waals surface area contributed by atoms with Gasteiger partial charge in [-0.3, -0.25) is 0 Å². The maximum absolute atomic E-state index is 6.81. The van der Waals surface area contributed by atoms with Gasteiger partial charge in [0.15, 0.2) is 32.8 Å². The van der Waals surface area contributed by atoms with Crippen molar-refractivity contribution in [3.8, 4) is 23.0 Å². The lowest BCUT2D eigenvalue weighted by Gasteiger charge is -2.28. The predicted molar refractivity (Wildman–Crippen MR) is 188 cm³/mol. The Balaban J connectivity index is 1.75. The number of hydrogen-bond donors (Lipinski definition) is 0. The molecule has 228 valence electrons. The van der Waals surface area contributed by atoms with Crippen LogP contribution in [0.3, 0.4) is 0 Å². The van der Waals surface area contributed by atoms with Crippen LogP contribution in [0.5, 0.6) is 23.0 Å². The molecule has 0 amide bonds. The monoisotopic (exact) mass is 622 g/mol. The van der Waals surface area contributed by atoms with Gasteiger partial charge in [0, 0.05) is 35.1 Å². The highest BCUT2D eigenvalue weighted by molar-refractivity contribution is 8.04. The summed E-state index contributed by atoms with van der Waals surface area (Å²) in [6, 6.07) is 17.6. The van der Waals surface area contributed by atoms with Crippen LogP contribution in [-0.2, 0) is 21.8 Å². The van der Waals surface area contributed by atoms with Crippen molar-refractivity contribution >= 4 is 21.8 Å². The SMILES string of the molecule is CCC/C(=C(/CCC)[S+]1c2ccccc2Oc2c(C)c(C)c(C)c(C)c21)[S+]1c2ccccc2Oc2c(C)c(C)c(C)c(C)c21. The molecular formula is C40H46O2S2+2. The van der Waals surface area contributed by atoms with Gasteiger partial charge in [0.1, 0.15) is 21.8 Å². The Hall–Kier alpha value is -3.08. The molecule has 0 N–H and O–H groups in total. The van der Waals surface area contributed by atoms with Gasteiger partial charge in [-0.1, -0.05) is 38.1 Å². The van der Waals surface area contributed by atoms with Crippen molar-refractivity contribution in [2.24, 2.45) is 0 Å². The number of ether oxygens (including phenoxy) is 2. The van der Waals surface area contributed by atoms with Crippen molar-refractivity contribution in [3.63, 3.8) is 0 Å². The molecule has 0 saturated heterocycles. The van der Waals surface area contributed by atoms with E-state index in [-0.39, 0.29) is 21.8 Å².